The molecule has 3 heteroatoms. The Balaban J connectivity index is 1.32. The first-order valence-electron chi connectivity index (χ1n) is 17.5. The maximum Gasteiger partial charge on any atom is 0.132 e. The van der Waals surface area contributed by atoms with E-state index in [0.29, 0.717) is 0 Å². The lowest BCUT2D eigenvalue weighted by molar-refractivity contribution is 0.409. The Morgan fingerprint density at radius 3 is 1.94 bits per heavy atom. The normalized spacial score (nSPS) is 18.2. The highest BCUT2D eigenvalue weighted by Crippen LogP contribution is 2.40. The number of benzene rings is 5. The summed E-state index contributed by atoms with van der Waals surface area (Å²) in [4.78, 5) is 5.27. The van der Waals surface area contributed by atoms with Crippen molar-refractivity contribution < 1.29 is 0 Å². The van der Waals surface area contributed by atoms with E-state index in [0.717, 1.165) is 29.8 Å². The fourth-order valence-corrected chi connectivity index (χ4v) is 7.02. The van der Waals surface area contributed by atoms with Crippen LogP contribution in [0.3, 0.4) is 0 Å². The van der Waals surface area contributed by atoms with Crippen LogP contribution in [0.15, 0.2) is 187 Å². The molecule has 2 atom stereocenters. The van der Waals surface area contributed by atoms with Gasteiger partial charge in [-0.05, 0) is 94.0 Å². The van der Waals surface area contributed by atoms with E-state index in [1.807, 2.05) is 12.1 Å². The molecule has 0 aromatic heterocycles. The molecule has 5 aromatic carbocycles. The summed E-state index contributed by atoms with van der Waals surface area (Å²) in [6.07, 6.45) is 10.6. The summed E-state index contributed by atoms with van der Waals surface area (Å²) in [6.45, 7) is 8.61. The topological polar surface area (TPSA) is 36.4 Å². The van der Waals surface area contributed by atoms with Crippen LogP contribution in [0.25, 0.3) is 16.7 Å². The van der Waals surface area contributed by atoms with Crippen molar-refractivity contribution >= 4 is 22.6 Å². The SMILES string of the molecule is C=CC1=C(c2cccc(C3=NC(c4ccccc4)NC(c4ccccc4)N3)c2C)C=C(/C(=C/C(=C\C)c2ccccc2)c2ccccc2)CC1. The van der Waals surface area contributed by atoms with Crippen LogP contribution >= 0.6 is 0 Å². The fraction of sp³-hybridized carbons (Fsp3) is 0.128. The molecule has 2 aliphatic rings. The Morgan fingerprint density at radius 2 is 1.30 bits per heavy atom. The molecule has 0 amide bonds. The summed E-state index contributed by atoms with van der Waals surface area (Å²) in [7, 11) is 0. The zero-order valence-corrected chi connectivity index (χ0v) is 28.8. The van der Waals surface area contributed by atoms with E-state index in [9.17, 15) is 0 Å². The summed E-state index contributed by atoms with van der Waals surface area (Å²) in [5.41, 5.74) is 14.5. The molecule has 246 valence electrons. The first-order chi connectivity index (χ1) is 24.6. The van der Waals surface area contributed by atoms with E-state index >= 15 is 0 Å². The number of nitrogens with zero attached hydrogens (tertiary/aromatic N) is 1. The van der Waals surface area contributed by atoms with Crippen LogP contribution < -0.4 is 10.6 Å². The molecule has 1 aliphatic heterocycles. The molecule has 0 saturated heterocycles. The molecule has 7 rings (SSSR count). The van der Waals surface area contributed by atoms with Gasteiger partial charge in [0.2, 0.25) is 0 Å². The number of allylic oxidation sites excluding steroid dienone is 9. The van der Waals surface area contributed by atoms with Crippen LogP contribution in [0.2, 0.25) is 0 Å². The number of hydrogen-bond donors (Lipinski definition) is 2. The van der Waals surface area contributed by atoms with Crippen molar-refractivity contribution in [3.05, 3.63) is 220 Å². The van der Waals surface area contributed by atoms with Gasteiger partial charge in [0.25, 0.3) is 0 Å². The monoisotopic (exact) mass is 649 g/mol. The average molecular weight is 650 g/mol. The minimum Gasteiger partial charge on any atom is -0.350 e. The molecule has 1 aliphatic carbocycles. The highest BCUT2D eigenvalue weighted by Gasteiger charge is 2.27. The van der Waals surface area contributed by atoms with Gasteiger partial charge in [-0.2, -0.15) is 0 Å². The van der Waals surface area contributed by atoms with Gasteiger partial charge >= 0.3 is 0 Å². The Hall–Kier alpha value is -5.77. The van der Waals surface area contributed by atoms with Crippen LogP contribution in [0.1, 0.15) is 71.0 Å². The minimum atomic E-state index is -0.186. The second kappa shape index (κ2) is 15.2. The maximum atomic E-state index is 5.27. The summed E-state index contributed by atoms with van der Waals surface area (Å²) in [6, 6.07) is 49.0. The van der Waals surface area contributed by atoms with Crippen molar-refractivity contribution in [3.8, 4) is 0 Å². The molecular weight excluding hydrogens is 607 g/mol. The van der Waals surface area contributed by atoms with Crippen LogP contribution in [-0.2, 0) is 0 Å². The number of amidine groups is 1. The fourth-order valence-electron chi connectivity index (χ4n) is 7.02. The van der Waals surface area contributed by atoms with Crippen molar-refractivity contribution in [1.82, 2.24) is 10.6 Å². The lowest BCUT2D eigenvalue weighted by Crippen LogP contribution is -2.45. The number of rotatable bonds is 9. The molecule has 50 heavy (non-hydrogen) atoms. The van der Waals surface area contributed by atoms with Crippen LogP contribution in [-0.4, -0.2) is 5.84 Å². The van der Waals surface area contributed by atoms with Crippen molar-refractivity contribution in [2.24, 2.45) is 4.99 Å². The van der Waals surface area contributed by atoms with Gasteiger partial charge in [0.15, 0.2) is 0 Å². The predicted molar refractivity (Wildman–Crippen MR) is 211 cm³/mol. The Kier molecular flexibility index (Phi) is 9.96. The van der Waals surface area contributed by atoms with Gasteiger partial charge in [-0.1, -0.05) is 164 Å². The van der Waals surface area contributed by atoms with Gasteiger partial charge in [0, 0.05) is 5.56 Å². The molecule has 2 unspecified atom stereocenters. The van der Waals surface area contributed by atoms with Crippen LogP contribution in [0, 0.1) is 6.92 Å². The molecule has 0 saturated carbocycles. The van der Waals surface area contributed by atoms with Gasteiger partial charge in [-0.15, -0.1) is 0 Å². The molecular formula is C47H43N3. The standard InChI is InChI=1S/C47H43N3/c1-4-34-29-30-40(43(37-21-12-7-13-22-37)31-35(5-2)36-19-10-6-11-20-36)32-44(34)41-27-18-28-42(33(41)3)47-49-45(38-23-14-8-15-24-38)48-46(50-47)39-25-16-9-17-26-39/h4-28,31-32,45-46,48H,1,29-30H2,2-3H3,(H,49,50)/b35-5+,43-31+. The molecule has 0 bridgehead atoms. The Bertz CT molecular complexity index is 2120. The zero-order valence-electron chi connectivity index (χ0n) is 28.8. The lowest BCUT2D eigenvalue weighted by Gasteiger charge is -2.33. The zero-order chi connectivity index (χ0) is 34.3. The summed E-state index contributed by atoms with van der Waals surface area (Å²) in [5, 5.41) is 7.47. The highest BCUT2D eigenvalue weighted by atomic mass is 15.3. The molecule has 0 fully saturated rings. The van der Waals surface area contributed by atoms with E-state index in [2.05, 4.69) is 183 Å². The second-order valence-electron chi connectivity index (χ2n) is 12.8. The van der Waals surface area contributed by atoms with Gasteiger partial charge in [-0.3, -0.25) is 5.32 Å². The smallest absolute Gasteiger partial charge is 0.132 e. The Labute approximate surface area is 296 Å². The Morgan fingerprint density at radius 1 is 0.700 bits per heavy atom. The molecule has 0 spiro atoms. The number of aliphatic imine (C=N–C) groups is 1. The second-order valence-corrected chi connectivity index (χ2v) is 12.8. The van der Waals surface area contributed by atoms with E-state index in [-0.39, 0.29) is 12.3 Å². The third kappa shape index (κ3) is 7.01. The predicted octanol–water partition coefficient (Wildman–Crippen LogP) is 11.2. The van der Waals surface area contributed by atoms with E-state index in [4.69, 9.17) is 4.99 Å². The molecule has 2 N–H and O–H groups in total. The molecule has 3 nitrogen and oxygen atoms in total. The summed E-state index contributed by atoms with van der Waals surface area (Å²) >= 11 is 0. The lowest BCUT2D eigenvalue weighted by atomic mass is 9.81. The molecule has 1 heterocycles. The van der Waals surface area contributed by atoms with Crippen molar-refractivity contribution in [2.45, 2.75) is 39.0 Å². The van der Waals surface area contributed by atoms with E-state index in [1.165, 1.54) is 55.7 Å². The minimum absolute atomic E-state index is 0.0925. The van der Waals surface area contributed by atoms with Crippen LogP contribution in [0.4, 0.5) is 0 Å². The molecule has 0 radical (unpaired) electrons. The first kappa shape index (κ1) is 32.8. The van der Waals surface area contributed by atoms with E-state index < -0.39 is 0 Å². The van der Waals surface area contributed by atoms with Crippen molar-refractivity contribution in [3.63, 3.8) is 0 Å². The quantitative estimate of drug-likeness (QED) is 0.156. The number of nitrogens with one attached hydrogen (secondary N) is 2. The maximum absolute atomic E-state index is 5.27. The van der Waals surface area contributed by atoms with Gasteiger partial charge in [-0.25, -0.2) is 4.99 Å². The third-order valence-electron chi connectivity index (χ3n) is 9.71. The average Bonchev–Trinajstić information content (AvgIpc) is 3.19. The third-order valence-corrected chi connectivity index (χ3v) is 9.71. The van der Waals surface area contributed by atoms with Crippen molar-refractivity contribution in [1.29, 1.82) is 0 Å². The van der Waals surface area contributed by atoms with Gasteiger partial charge in [0.1, 0.15) is 18.2 Å². The largest absolute Gasteiger partial charge is 0.350 e. The highest BCUT2D eigenvalue weighted by molar-refractivity contribution is 6.02. The number of hydrogen-bond acceptors (Lipinski definition) is 3. The summed E-state index contributed by atoms with van der Waals surface area (Å²) < 4.78 is 0. The summed E-state index contributed by atoms with van der Waals surface area (Å²) in [5.74, 6) is 0.886. The van der Waals surface area contributed by atoms with Gasteiger partial charge in [0.05, 0.1) is 0 Å². The van der Waals surface area contributed by atoms with Gasteiger partial charge < -0.3 is 5.32 Å². The van der Waals surface area contributed by atoms with E-state index in [1.54, 1.807) is 0 Å². The first-order valence-corrected chi connectivity index (χ1v) is 17.5. The molecule has 5 aromatic rings. The van der Waals surface area contributed by atoms with Crippen molar-refractivity contribution in [2.75, 3.05) is 0 Å². The van der Waals surface area contributed by atoms with Crippen LogP contribution in [0.5, 0.6) is 0 Å².